The van der Waals surface area contributed by atoms with E-state index in [1.165, 1.54) is 19.5 Å². The number of aromatic nitrogens is 2. The summed E-state index contributed by atoms with van der Waals surface area (Å²) in [7, 11) is 0. The predicted octanol–water partition coefficient (Wildman–Crippen LogP) is 1.76. The number of aryl methyl sites for hydroxylation is 1. The van der Waals surface area contributed by atoms with Gasteiger partial charge < -0.3 is 10.2 Å². The SMILES string of the molecule is C[C@H]1C[C@H](C)CN(CCCNC(=O)CCn2cccn2)C1. The van der Waals surface area contributed by atoms with Gasteiger partial charge in [0, 0.05) is 45.0 Å². The Bertz CT molecular complexity index is 408. The summed E-state index contributed by atoms with van der Waals surface area (Å²) in [6, 6.07) is 1.87. The van der Waals surface area contributed by atoms with Crippen LogP contribution in [0.15, 0.2) is 18.5 Å². The molecule has 1 N–H and O–H groups in total. The van der Waals surface area contributed by atoms with E-state index in [1.807, 2.05) is 12.3 Å². The maximum absolute atomic E-state index is 11.7. The lowest BCUT2D eigenvalue weighted by atomic mass is 9.92. The first-order valence-electron chi connectivity index (χ1n) is 8.10. The topological polar surface area (TPSA) is 50.2 Å². The second kappa shape index (κ2) is 8.17. The monoisotopic (exact) mass is 292 g/mol. The largest absolute Gasteiger partial charge is 0.356 e. The summed E-state index contributed by atoms with van der Waals surface area (Å²) in [5.74, 6) is 1.72. The molecule has 1 fully saturated rings. The van der Waals surface area contributed by atoms with Gasteiger partial charge in [0.15, 0.2) is 0 Å². The Morgan fingerprint density at radius 3 is 2.71 bits per heavy atom. The fourth-order valence-corrected chi connectivity index (χ4v) is 3.24. The molecule has 0 aliphatic carbocycles. The number of carbonyl (C=O) groups excluding carboxylic acids is 1. The van der Waals surface area contributed by atoms with E-state index in [0.717, 1.165) is 31.3 Å². The molecule has 1 aliphatic heterocycles. The summed E-state index contributed by atoms with van der Waals surface area (Å²) in [4.78, 5) is 14.3. The van der Waals surface area contributed by atoms with Gasteiger partial charge in [-0.1, -0.05) is 13.8 Å². The van der Waals surface area contributed by atoms with E-state index in [0.29, 0.717) is 13.0 Å². The Labute approximate surface area is 127 Å². The maximum Gasteiger partial charge on any atom is 0.221 e. The van der Waals surface area contributed by atoms with Gasteiger partial charge in [-0.25, -0.2) is 0 Å². The minimum absolute atomic E-state index is 0.117. The van der Waals surface area contributed by atoms with Crippen molar-refractivity contribution in [2.45, 2.75) is 39.7 Å². The van der Waals surface area contributed by atoms with Crippen LogP contribution in [0.5, 0.6) is 0 Å². The Morgan fingerprint density at radius 2 is 2.05 bits per heavy atom. The lowest BCUT2D eigenvalue weighted by Crippen LogP contribution is -2.40. The minimum Gasteiger partial charge on any atom is -0.356 e. The van der Waals surface area contributed by atoms with Crippen LogP contribution in [0.4, 0.5) is 0 Å². The van der Waals surface area contributed by atoms with Gasteiger partial charge in [0.1, 0.15) is 0 Å². The third kappa shape index (κ3) is 5.87. The predicted molar refractivity (Wildman–Crippen MR) is 83.9 cm³/mol. The number of nitrogens with one attached hydrogen (secondary N) is 1. The van der Waals surface area contributed by atoms with Crippen molar-refractivity contribution in [3.8, 4) is 0 Å². The second-order valence-electron chi connectivity index (χ2n) is 6.43. The molecule has 1 amide bonds. The van der Waals surface area contributed by atoms with Crippen LogP contribution in [0.2, 0.25) is 0 Å². The van der Waals surface area contributed by atoms with Crippen LogP contribution in [0.3, 0.4) is 0 Å². The van der Waals surface area contributed by atoms with Crippen LogP contribution in [-0.2, 0) is 11.3 Å². The summed E-state index contributed by atoms with van der Waals surface area (Å²) < 4.78 is 1.79. The van der Waals surface area contributed by atoms with E-state index in [2.05, 4.69) is 29.2 Å². The van der Waals surface area contributed by atoms with Crippen molar-refractivity contribution < 1.29 is 4.79 Å². The van der Waals surface area contributed by atoms with Crippen LogP contribution in [0.1, 0.15) is 33.1 Å². The molecule has 0 spiro atoms. The number of hydrogen-bond donors (Lipinski definition) is 1. The molecule has 1 aliphatic rings. The lowest BCUT2D eigenvalue weighted by molar-refractivity contribution is -0.121. The van der Waals surface area contributed by atoms with Gasteiger partial charge in [-0.2, -0.15) is 5.10 Å². The highest BCUT2D eigenvalue weighted by Crippen LogP contribution is 2.20. The number of likely N-dealkylation sites (tertiary alicyclic amines) is 1. The normalized spacial score (nSPS) is 23.1. The molecule has 21 heavy (non-hydrogen) atoms. The zero-order valence-corrected chi connectivity index (χ0v) is 13.3. The summed E-state index contributed by atoms with van der Waals surface area (Å²) in [5, 5.41) is 7.09. The molecule has 2 heterocycles. The molecule has 1 saturated heterocycles. The zero-order chi connectivity index (χ0) is 15.1. The van der Waals surface area contributed by atoms with Gasteiger partial charge in [-0.15, -0.1) is 0 Å². The van der Waals surface area contributed by atoms with Crippen molar-refractivity contribution in [3.63, 3.8) is 0 Å². The molecule has 2 rings (SSSR count). The maximum atomic E-state index is 11.7. The molecule has 0 unspecified atom stereocenters. The molecule has 0 radical (unpaired) electrons. The van der Waals surface area contributed by atoms with Crippen molar-refractivity contribution in [1.29, 1.82) is 0 Å². The Morgan fingerprint density at radius 1 is 1.29 bits per heavy atom. The molecule has 118 valence electrons. The average Bonchev–Trinajstić information content (AvgIpc) is 2.93. The van der Waals surface area contributed by atoms with E-state index in [-0.39, 0.29) is 5.91 Å². The summed E-state index contributed by atoms with van der Waals surface area (Å²) in [6.07, 6.45) is 6.50. The van der Waals surface area contributed by atoms with Gasteiger partial charge in [0.05, 0.1) is 0 Å². The molecule has 0 aromatic carbocycles. The van der Waals surface area contributed by atoms with Gasteiger partial charge in [0.25, 0.3) is 0 Å². The van der Waals surface area contributed by atoms with Crippen LogP contribution in [0, 0.1) is 11.8 Å². The second-order valence-corrected chi connectivity index (χ2v) is 6.43. The molecular weight excluding hydrogens is 264 g/mol. The first-order valence-corrected chi connectivity index (χ1v) is 8.10. The van der Waals surface area contributed by atoms with E-state index in [1.54, 1.807) is 10.9 Å². The molecule has 5 heteroatoms. The number of amides is 1. The average molecular weight is 292 g/mol. The molecule has 0 bridgehead atoms. The first-order chi connectivity index (χ1) is 10.1. The highest BCUT2D eigenvalue weighted by Gasteiger charge is 2.20. The van der Waals surface area contributed by atoms with Gasteiger partial charge >= 0.3 is 0 Å². The van der Waals surface area contributed by atoms with E-state index >= 15 is 0 Å². The summed E-state index contributed by atoms with van der Waals surface area (Å²) in [5.41, 5.74) is 0. The minimum atomic E-state index is 0.117. The van der Waals surface area contributed by atoms with E-state index < -0.39 is 0 Å². The van der Waals surface area contributed by atoms with Gasteiger partial charge in [-0.05, 0) is 37.3 Å². The van der Waals surface area contributed by atoms with Crippen molar-refractivity contribution in [1.82, 2.24) is 20.0 Å². The van der Waals surface area contributed by atoms with E-state index in [4.69, 9.17) is 0 Å². The Balaban J connectivity index is 1.53. The Hall–Kier alpha value is -1.36. The van der Waals surface area contributed by atoms with Crippen molar-refractivity contribution in [2.24, 2.45) is 11.8 Å². The molecule has 1 aromatic heterocycles. The zero-order valence-electron chi connectivity index (χ0n) is 13.3. The third-order valence-corrected chi connectivity index (χ3v) is 4.04. The molecule has 1 aromatic rings. The molecule has 0 saturated carbocycles. The van der Waals surface area contributed by atoms with E-state index in [9.17, 15) is 4.79 Å². The molecular formula is C16H28N4O. The number of hydrogen-bond acceptors (Lipinski definition) is 3. The first kappa shape index (κ1) is 16.0. The lowest BCUT2D eigenvalue weighted by Gasteiger charge is -2.34. The number of nitrogens with zero attached hydrogens (tertiary/aromatic N) is 3. The Kier molecular flexibility index (Phi) is 6.23. The van der Waals surface area contributed by atoms with Crippen LogP contribution in [0.25, 0.3) is 0 Å². The molecule has 2 atom stereocenters. The number of carbonyl (C=O) groups is 1. The number of piperidine rings is 1. The fourth-order valence-electron chi connectivity index (χ4n) is 3.24. The molecule has 5 nitrogen and oxygen atoms in total. The van der Waals surface area contributed by atoms with Gasteiger partial charge in [-0.3, -0.25) is 9.48 Å². The number of rotatable bonds is 7. The quantitative estimate of drug-likeness (QED) is 0.779. The summed E-state index contributed by atoms with van der Waals surface area (Å²) in [6.45, 7) is 9.60. The van der Waals surface area contributed by atoms with Crippen molar-refractivity contribution in [3.05, 3.63) is 18.5 Å². The van der Waals surface area contributed by atoms with Gasteiger partial charge in [0.2, 0.25) is 5.91 Å². The summed E-state index contributed by atoms with van der Waals surface area (Å²) >= 11 is 0. The van der Waals surface area contributed by atoms with Crippen molar-refractivity contribution >= 4 is 5.91 Å². The smallest absolute Gasteiger partial charge is 0.221 e. The highest BCUT2D eigenvalue weighted by atomic mass is 16.1. The van der Waals surface area contributed by atoms with Crippen LogP contribution < -0.4 is 5.32 Å². The third-order valence-electron chi connectivity index (χ3n) is 4.04. The highest BCUT2D eigenvalue weighted by molar-refractivity contribution is 5.75. The van der Waals surface area contributed by atoms with Crippen LogP contribution in [-0.4, -0.2) is 46.8 Å². The van der Waals surface area contributed by atoms with Crippen molar-refractivity contribution in [2.75, 3.05) is 26.2 Å². The standard InChI is InChI=1S/C16H28N4O/c1-14-11-15(2)13-19(12-14)8-3-6-17-16(21)5-10-20-9-4-7-18-20/h4,7,9,14-15H,3,5-6,8,10-13H2,1-2H3,(H,17,21)/t14-,15-/m0/s1. The van der Waals surface area contributed by atoms with Crippen LogP contribution >= 0.6 is 0 Å². The fraction of sp³-hybridized carbons (Fsp3) is 0.750.